The molecule has 1 amide bonds. The van der Waals surface area contributed by atoms with Crippen LogP contribution in [0.4, 0.5) is 0 Å². The van der Waals surface area contributed by atoms with Crippen molar-refractivity contribution in [2.75, 3.05) is 13.2 Å². The number of fused-ring (bicyclic) bond motifs is 1. The van der Waals surface area contributed by atoms with Gasteiger partial charge in [-0.1, -0.05) is 35.9 Å². The number of para-hydroxylation sites is 2. The molecule has 0 aliphatic carbocycles. The monoisotopic (exact) mass is 330 g/mol. The minimum Gasteiger partial charge on any atom is -0.492 e. The first-order valence-corrected chi connectivity index (χ1v) is 7.57. The van der Waals surface area contributed by atoms with E-state index in [1.54, 1.807) is 24.3 Å². The molecule has 0 radical (unpaired) electrons. The van der Waals surface area contributed by atoms with Gasteiger partial charge in [-0.15, -0.1) is 0 Å². The first kappa shape index (κ1) is 15.4. The molecule has 0 saturated carbocycles. The summed E-state index contributed by atoms with van der Waals surface area (Å²) in [6.07, 6.45) is 0.642. The van der Waals surface area contributed by atoms with Gasteiger partial charge in [-0.25, -0.2) is 5.43 Å². The summed E-state index contributed by atoms with van der Waals surface area (Å²) < 4.78 is 10.9. The molecule has 1 aliphatic heterocycles. The van der Waals surface area contributed by atoms with Crippen LogP contribution in [0.2, 0.25) is 5.02 Å². The van der Waals surface area contributed by atoms with Gasteiger partial charge in [-0.3, -0.25) is 4.79 Å². The molecule has 3 rings (SSSR count). The summed E-state index contributed by atoms with van der Waals surface area (Å²) in [4.78, 5) is 11.9. The number of rotatable bonds is 4. The molecule has 0 atom stereocenters. The van der Waals surface area contributed by atoms with Gasteiger partial charge in [0.25, 0.3) is 5.91 Å². The van der Waals surface area contributed by atoms with Crippen molar-refractivity contribution in [3.05, 3.63) is 59.1 Å². The molecule has 0 spiro atoms. The average molecular weight is 331 g/mol. The number of halogens is 1. The van der Waals surface area contributed by atoms with E-state index in [0.717, 1.165) is 17.0 Å². The number of amides is 1. The number of carbonyl (C=O) groups is 1. The second kappa shape index (κ2) is 7.15. The Balaban J connectivity index is 1.60. The van der Waals surface area contributed by atoms with Crippen molar-refractivity contribution in [3.63, 3.8) is 0 Å². The average Bonchev–Trinajstić information content (AvgIpc) is 2.59. The van der Waals surface area contributed by atoms with Crippen molar-refractivity contribution in [1.82, 2.24) is 5.43 Å². The molecular formula is C17H15ClN2O3. The maximum absolute atomic E-state index is 11.9. The molecule has 0 aromatic heterocycles. The van der Waals surface area contributed by atoms with Gasteiger partial charge in [0.15, 0.2) is 6.61 Å². The van der Waals surface area contributed by atoms with Crippen molar-refractivity contribution < 1.29 is 14.3 Å². The van der Waals surface area contributed by atoms with Gasteiger partial charge >= 0.3 is 0 Å². The third kappa shape index (κ3) is 3.81. The van der Waals surface area contributed by atoms with E-state index in [2.05, 4.69) is 10.5 Å². The van der Waals surface area contributed by atoms with E-state index in [1.165, 1.54) is 0 Å². The molecule has 118 valence electrons. The number of nitrogens with zero attached hydrogens (tertiary/aromatic N) is 1. The van der Waals surface area contributed by atoms with E-state index in [0.29, 0.717) is 23.8 Å². The maximum atomic E-state index is 11.9. The van der Waals surface area contributed by atoms with E-state index >= 15 is 0 Å². The lowest BCUT2D eigenvalue weighted by Crippen LogP contribution is -2.27. The fraction of sp³-hybridized carbons (Fsp3) is 0.176. The van der Waals surface area contributed by atoms with E-state index in [4.69, 9.17) is 21.1 Å². The van der Waals surface area contributed by atoms with Crippen LogP contribution in [0.25, 0.3) is 0 Å². The van der Waals surface area contributed by atoms with Crippen LogP contribution in [0.1, 0.15) is 12.0 Å². The summed E-state index contributed by atoms with van der Waals surface area (Å²) in [5.41, 5.74) is 4.19. The van der Waals surface area contributed by atoms with Gasteiger partial charge in [-0.05, 0) is 24.3 Å². The van der Waals surface area contributed by atoms with Gasteiger partial charge in [0.2, 0.25) is 0 Å². The number of hydrogen-bond acceptors (Lipinski definition) is 4. The molecule has 0 saturated heterocycles. The second-order valence-corrected chi connectivity index (χ2v) is 5.31. The van der Waals surface area contributed by atoms with Crippen LogP contribution in [-0.4, -0.2) is 24.8 Å². The molecule has 1 aliphatic rings. The smallest absolute Gasteiger partial charge is 0.277 e. The number of ether oxygens (including phenoxy) is 2. The van der Waals surface area contributed by atoms with Crippen LogP contribution in [0.5, 0.6) is 11.5 Å². The second-order valence-electron chi connectivity index (χ2n) is 4.91. The van der Waals surface area contributed by atoms with E-state index in [-0.39, 0.29) is 12.5 Å². The zero-order valence-electron chi connectivity index (χ0n) is 12.3. The highest BCUT2D eigenvalue weighted by Crippen LogP contribution is 2.24. The summed E-state index contributed by atoms with van der Waals surface area (Å²) in [5, 5.41) is 4.65. The van der Waals surface area contributed by atoms with Gasteiger partial charge in [0, 0.05) is 12.0 Å². The number of carbonyl (C=O) groups excluding carboxylic acids is 1. The number of hydrogen-bond donors (Lipinski definition) is 1. The quantitative estimate of drug-likeness (QED) is 0.877. The standard InChI is InChI=1S/C17H15ClN2O3/c18-13-6-2-4-8-16(13)23-11-17(21)20-19-14-9-10-22-15-7-3-1-5-12(14)15/h1-8H,9-11H2,(H,20,21)/b19-14-. The molecule has 2 aromatic carbocycles. The van der Waals surface area contributed by atoms with Crippen molar-refractivity contribution in [1.29, 1.82) is 0 Å². The summed E-state index contributed by atoms with van der Waals surface area (Å²) >= 11 is 5.96. The molecule has 23 heavy (non-hydrogen) atoms. The van der Waals surface area contributed by atoms with Gasteiger partial charge in [0.1, 0.15) is 11.5 Å². The molecule has 2 aromatic rings. The predicted octanol–water partition coefficient (Wildman–Crippen LogP) is 3.02. The molecule has 1 N–H and O–H groups in total. The fourth-order valence-electron chi connectivity index (χ4n) is 2.21. The minimum atomic E-state index is -0.346. The Morgan fingerprint density at radius 1 is 1.22 bits per heavy atom. The third-order valence-corrected chi connectivity index (χ3v) is 3.62. The Kier molecular flexibility index (Phi) is 4.78. The van der Waals surface area contributed by atoms with Crippen molar-refractivity contribution in [2.45, 2.75) is 6.42 Å². The molecule has 0 bridgehead atoms. The Hall–Kier alpha value is -2.53. The molecule has 6 heteroatoms. The fourth-order valence-corrected chi connectivity index (χ4v) is 2.40. The van der Waals surface area contributed by atoms with Gasteiger partial charge in [-0.2, -0.15) is 5.10 Å². The Labute approximate surface area is 138 Å². The van der Waals surface area contributed by atoms with E-state index < -0.39 is 0 Å². The zero-order valence-corrected chi connectivity index (χ0v) is 13.0. The van der Waals surface area contributed by atoms with Crippen LogP contribution in [0.3, 0.4) is 0 Å². The Bertz CT molecular complexity index is 746. The SMILES string of the molecule is O=C(COc1ccccc1Cl)N/N=C1/CCOc2ccccc21. The lowest BCUT2D eigenvalue weighted by Gasteiger charge is -2.18. The summed E-state index contributed by atoms with van der Waals surface area (Å²) in [6, 6.07) is 14.6. The first-order valence-electron chi connectivity index (χ1n) is 7.19. The van der Waals surface area contributed by atoms with Crippen LogP contribution in [0, 0.1) is 0 Å². The molecule has 0 unspecified atom stereocenters. The third-order valence-electron chi connectivity index (χ3n) is 3.31. The summed E-state index contributed by atoms with van der Waals surface area (Å²) in [5.74, 6) is 0.897. The van der Waals surface area contributed by atoms with Crippen molar-refractivity contribution in [3.8, 4) is 11.5 Å². The van der Waals surface area contributed by atoms with Crippen LogP contribution in [0.15, 0.2) is 53.6 Å². The topological polar surface area (TPSA) is 59.9 Å². The molecular weight excluding hydrogens is 316 g/mol. The lowest BCUT2D eigenvalue weighted by molar-refractivity contribution is -0.123. The predicted molar refractivity (Wildman–Crippen MR) is 88.2 cm³/mol. The van der Waals surface area contributed by atoms with E-state index in [9.17, 15) is 4.79 Å². The van der Waals surface area contributed by atoms with Crippen LogP contribution >= 0.6 is 11.6 Å². The maximum Gasteiger partial charge on any atom is 0.277 e. The zero-order chi connectivity index (χ0) is 16.1. The molecule has 5 nitrogen and oxygen atoms in total. The van der Waals surface area contributed by atoms with Crippen molar-refractivity contribution >= 4 is 23.2 Å². The largest absolute Gasteiger partial charge is 0.492 e. The lowest BCUT2D eigenvalue weighted by atomic mass is 10.0. The minimum absolute atomic E-state index is 0.154. The van der Waals surface area contributed by atoms with E-state index in [1.807, 2.05) is 24.3 Å². The van der Waals surface area contributed by atoms with Crippen LogP contribution in [-0.2, 0) is 4.79 Å². The van der Waals surface area contributed by atoms with Crippen LogP contribution < -0.4 is 14.9 Å². The highest BCUT2D eigenvalue weighted by atomic mass is 35.5. The Morgan fingerprint density at radius 2 is 2.00 bits per heavy atom. The van der Waals surface area contributed by atoms with Gasteiger partial charge < -0.3 is 9.47 Å². The molecule has 0 fully saturated rings. The highest BCUT2D eigenvalue weighted by molar-refractivity contribution is 6.32. The van der Waals surface area contributed by atoms with Crippen molar-refractivity contribution in [2.24, 2.45) is 5.10 Å². The molecule has 1 heterocycles. The first-order chi connectivity index (χ1) is 11.2. The highest BCUT2D eigenvalue weighted by Gasteiger charge is 2.16. The number of hydrazone groups is 1. The summed E-state index contributed by atoms with van der Waals surface area (Å²) in [7, 11) is 0. The number of nitrogens with one attached hydrogen (secondary N) is 1. The normalized spacial score (nSPS) is 14.7. The summed E-state index contributed by atoms with van der Waals surface area (Å²) in [6.45, 7) is 0.389. The van der Waals surface area contributed by atoms with Gasteiger partial charge in [0.05, 0.1) is 17.3 Å². The Morgan fingerprint density at radius 3 is 2.87 bits per heavy atom. The number of benzene rings is 2.